The van der Waals surface area contributed by atoms with Crippen molar-refractivity contribution in [1.29, 1.82) is 0 Å². The maximum absolute atomic E-state index is 15.9. The van der Waals surface area contributed by atoms with Crippen LogP contribution in [0.4, 0.5) is 4.39 Å². The summed E-state index contributed by atoms with van der Waals surface area (Å²) in [6.07, 6.45) is 10.7. The van der Waals surface area contributed by atoms with Crippen LogP contribution in [0.2, 0.25) is 0 Å². The van der Waals surface area contributed by atoms with E-state index in [1.807, 2.05) is 6.07 Å². The van der Waals surface area contributed by atoms with Crippen LogP contribution in [-0.4, -0.2) is 70.5 Å². The number of hydrogen-bond donors (Lipinski definition) is 2. The quantitative estimate of drug-likeness (QED) is 0.302. The van der Waals surface area contributed by atoms with Crippen LogP contribution < -0.4 is 10.1 Å². The molecule has 1 aliphatic heterocycles. The molecular weight excluding hydrogens is 547 g/mol. The SMILES string of the molecule is CC(C)NC1=CCC(N2CCOCC2)C(COc2ccc(-c3nc4cc(C(=O)O)ccc4n3C3CCCCC3)c(F)c2)=C1. The Morgan fingerprint density at radius 2 is 1.93 bits per heavy atom. The van der Waals surface area contributed by atoms with Gasteiger partial charge in [-0.1, -0.05) is 25.3 Å². The van der Waals surface area contributed by atoms with Crippen LogP contribution in [0.3, 0.4) is 0 Å². The first-order chi connectivity index (χ1) is 20.9. The van der Waals surface area contributed by atoms with Crippen molar-refractivity contribution in [3.8, 4) is 17.1 Å². The molecule has 2 aromatic carbocycles. The molecule has 2 N–H and O–H groups in total. The van der Waals surface area contributed by atoms with Gasteiger partial charge in [0, 0.05) is 43.0 Å². The van der Waals surface area contributed by atoms with Crippen LogP contribution in [-0.2, 0) is 4.74 Å². The molecule has 1 aromatic heterocycles. The topological polar surface area (TPSA) is 88.8 Å². The monoisotopic (exact) mass is 588 g/mol. The molecule has 2 fully saturated rings. The summed E-state index contributed by atoms with van der Waals surface area (Å²) in [5.41, 5.74) is 4.21. The van der Waals surface area contributed by atoms with E-state index < -0.39 is 11.8 Å². The molecule has 1 unspecified atom stereocenters. The zero-order chi connectivity index (χ0) is 29.9. The summed E-state index contributed by atoms with van der Waals surface area (Å²) < 4.78 is 29.8. The highest BCUT2D eigenvalue weighted by atomic mass is 19.1. The molecule has 9 heteroatoms. The number of ether oxygens (including phenoxy) is 2. The van der Waals surface area contributed by atoms with Crippen LogP contribution >= 0.6 is 0 Å². The predicted octanol–water partition coefficient (Wildman–Crippen LogP) is 6.34. The Labute approximate surface area is 252 Å². The lowest BCUT2D eigenvalue weighted by Crippen LogP contribution is -2.46. The van der Waals surface area contributed by atoms with Crippen LogP contribution in [0.15, 0.2) is 59.8 Å². The number of hydrogen-bond acceptors (Lipinski definition) is 6. The summed E-state index contributed by atoms with van der Waals surface area (Å²) in [6.45, 7) is 7.80. The Balaban J connectivity index is 1.27. The molecule has 1 saturated heterocycles. The molecule has 0 radical (unpaired) electrons. The number of allylic oxidation sites excluding steroid dienone is 1. The number of imidazole rings is 1. The summed E-state index contributed by atoms with van der Waals surface area (Å²) >= 11 is 0. The number of nitrogens with zero attached hydrogens (tertiary/aromatic N) is 3. The minimum atomic E-state index is -1.00. The molecule has 1 saturated carbocycles. The third kappa shape index (κ3) is 6.48. The van der Waals surface area contributed by atoms with Crippen molar-refractivity contribution < 1.29 is 23.8 Å². The maximum Gasteiger partial charge on any atom is 0.335 e. The lowest BCUT2D eigenvalue weighted by atomic mass is 9.94. The molecule has 3 aromatic rings. The number of aromatic nitrogens is 2. The van der Waals surface area contributed by atoms with E-state index in [1.54, 1.807) is 24.3 Å². The average molecular weight is 589 g/mol. The number of nitrogens with one attached hydrogen (secondary N) is 1. The van der Waals surface area contributed by atoms with Crippen molar-refractivity contribution in [2.24, 2.45) is 0 Å². The minimum Gasteiger partial charge on any atom is -0.489 e. The standard InChI is InChI=1S/C34H41FN4O4/c1-22(2)36-25-9-13-31(38-14-16-42-17-15-38)24(18-25)21-43-27-10-11-28(29(35)20-27)33-37-30-19-23(34(40)41)8-12-32(30)39(33)26-6-4-3-5-7-26/h8-12,18-20,22,26,31,36H,3-7,13-17,21H2,1-2H3,(H,40,41). The first-order valence-corrected chi connectivity index (χ1v) is 15.5. The summed E-state index contributed by atoms with van der Waals surface area (Å²) in [5.74, 6) is -0.419. The second-order valence-electron chi connectivity index (χ2n) is 12.1. The Kier molecular flexibility index (Phi) is 8.81. The second-order valence-corrected chi connectivity index (χ2v) is 12.1. The molecule has 228 valence electrons. The highest BCUT2D eigenvalue weighted by Crippen LogP contribution is 2.37. The molecule has 8 nitrogen and oxygen atoms in total. The zero-order valence-electron chi connectivity index (χ0n) is 25.0. The van der Waals surface area contributed by atoms with E-state index in [1.165, 1.54) is 12.5 Å². The van der Waals surface area contributed by atoms with Gasteiger partial charge in [0.25, 0.3) is 0 Å². The highest BCUT2D eigenvalue weighted by Gasteiger charge is 2.28. The minimum absolute atomic E-state index is 0.172. The smallest absolute Gasteiger partial charge is 0.335 e. The molecule has 3 aliphatic rings. The van der Waals surface area contributed by atoms with E-state index in [-0.39, 0.29) is 17.6 Å². The molecule has 0 bridgehead atoms. The van der Waals surface area contributed by atoms with Crippen molar-refractivity contribution in [2.45, 2.75) is 70.5 Å². The normalized spacial score (nSPS) is 20.2. The van der Waals surface area contributed by atoms with Crippen molar-refractivity contribution in [1.82, 2.24) is 19.8 Å². The van der Waals surface area contributed by atoms with Gasteiger partial charge in [-0.15, -0.1) is 0 Å². The number of benzene rings is 2. The number of aromatic carboxylic acids is 1. The van der Waals surface area contributed by atoms with Gasteiger partial charge in [0.2, 0.25) is 0 Å². The zero-order valence-corrected chi connectivity index (χ0v) is 25.0. The molecular formula is C34H41FN4O4. The molecule has 2 heterocycles. The first-order valence-electron chi connectivity index (χ1n) is 15.5. The second kappa shape index (κ2) is 12.9. The van der Waals surface area contributed by atoms with E-state index >= 15 is 4.39 Å². The number of fused-ring (bicyclic) bond motifs is 1. The lowest BCUT2D eigenvalue weighted by molar-refractivity contribution is 0.0222. The van der Waals surface area contributed by atoms with Crippen molar-refractivity contribution in [3.63, 3.8) is 0 Å². The van der Waals surface area contributed by atoms with Gasteiger partial charge in [0.05, 0.1) is 35.4 Å². The number of morpholine rings is 1. The number of carboxylic acids is 1. The van der Waals surface area contributed by atoms with Gasteiger partial charge >= 0.3 is 5.97 Å². The number of carboxylic acid groups (broad SMARTS) is 1. The van der Waals surface area contributed by atoms with Crippen molar-refractivity contribution >= 4 is 17.0 Å². The van der Waals surface area contributed by atoms with E-state index in [0.29, 0.717) is 35.3 Å². The number of halogens is 1. The molecule has 1 atom stereocenters. The van der Waals surface area contributed by atoms with Crippen LogP contribution in [0.25, 0.3) is 22.4 Å². The van der Waals surface area contributed by atoms with Gasteiger partial charge < -0.3 is 24.5 Å². The molecule has 0 amide bonds. The Hall–Kier alpha value is -3.69. The third-order valence-corrected chi connectivity index (χ3v) is 8.73. The average Bonchev–Trinajstić information content (AvgIpc) is 3.39. The Bertz CT molecular complexity index is 1530. The predicted molar refractivity (Wildman–Crippen MR) is 165 cm³/mol. The van der Waals surface area contributed by atoms with Crippen molar-refractivity contribution in [3.05, 3.63) is 71.2 Å². The van der Waals surface area contributed by atoms with Gasteiger partial charge in [0.1, 0.15) is 24.0 Å². The summed E-state index contributed by atoms with van der Waals surface area (Å²) in [5, 5.41) is 13.0. The number of carbonyl (C=O) groups is 1. The van der Waals surface area contributed by atoms with Crippen LogP contribution in [0.5, 0.6) is 5.75 Å². The van der Waals surface area contributed by atoms with Gasteiger partial charge in [-0.25, -0.2) is 14.2 Å². The Morgan fingerprint density at radius 1 is 1.14 bits per heavy atom. The number of rotatable bonds is 9. The fraction of sp³-hybridized carbons (Fsp3) is 0.471. The molecule has 43 heavy (non-hydrogen) atoms. The molecule has 0 spiro atoms. The summed E-state index contributed by atoms with van der Waals surface area (Å²) in [7, 11) is 0. The van der Waals surface area contributed by atoms with Gasteiger partial charge in [0.15, 0.2) is 0 Å². The fourth-order valence-electron chi connectivity index (χ4n) is 6.65. The fourth-order valence-corrected chi connectivity index (χ4v) is 6.65. The van der Waals surface area contributed by atoms with Crippen LogP contribution in [0.1, 0.15) is 68.8 Å². The summed E-state index contributed by atoms with van der Waals surface area (Å²) in [4.78, 5) is 18.8. The largest absolute Gasteiger partial charge is 0.489 e. The molecule has 6 rings (SSSR count). The highest BCUT2D eigenvalue weighted by molar-refractivity contribution is 5.93. The van der Waals surface area contributed by atoms with Gasteiger partial charge in [-0.3, -0.25) is 4.90 Å². The van der Waals surface area contributed by atoms with E-state index in [4.69, 9.17) is 14.5 Å². The maximum atomic E-state index is 15.9. The van der Waals surface area contributed by atoms with Crippen LogP contribution in [0, 0.1) is 5.82 Å². The first kappa shape index (κ1) is 29.4. The van der Waals surface area contributed by atoms with E-state index in [9.17, 15) is 9.90 Å². The van der Waals surface area contributed by atoms with Crippen molar-refractivity contribution in [2.75, 3.05) is 32.9 Å². The van der Waals surface area contributed by atoms with Gasteiger partial charge in [-0.2, -0.15) is 0 Å². The van der Waals surface area contributed by atoms with E-state index in [0.717, 1.165) is 75.2 Å². The summed E-state index contributed by atoms with van der Waals surface area (Å²) in [6, 6.07) is 10.7. The third-order valence-electron chi connectivity index (χ3n) is 8.73. The van der Waals surface area contributed by atoms with E-state index in [2.05, 4.69) is 40.8 Å². The Morgan fingerprint density at radius 3 is 2.65 bits per heavy atom. The lowest BCUT2D eigenvalue weighted by Gasteiger charge is -2.37. The van der Waals surface area contributed by atoms with Gasteiger partial charge in [-0.05, 0) is 75.1 Å². The molecule has 2 aliphatic carbocycles.